The highest BCUT2D eigenvalue weighted by Gasteiger charge is 2.08. The van der Waals surface area contributed by atoms with Gasteiger partial charge in [-0.05, 0) is 0 Å². The van der Waals surface area contributed by atoms with Gasteiger partial charge in [0, 0.05) is 25.6 Å². The van der Waals surface area contributed by atoms with E-state index in [-0.39, 0.29) is 10.6 Å². The van der Waals surface area contributed by atoms with Crippen LogP contribution in [0.25, 0.3) is 11.4 Å². The van der Waals surface area contributed by atoms with E-state index in [2.05, 4.69) is 25.6 Å². The van der Waals surface area contributed by atoms with Crippen molar-refractivity contribution >= 4 is 17.3 Å². The number of aromatic nitrogens is 5. The highest BCUT2D eigenvalue weighted by atomic mass is 35.5. The van der Waals surface area contributed by atoms with E-state index in [0.717, 1.165) is 11.4 Å². The predicted molar refractivity (Wildman–Crippen MR) is 88.5 cm³/mol. The lowest BCUT2D eigenvalue weighted by Crippen LogP contribution is -2.21. The molecule has 2 N–H and O–H groups in total. The fourth-order valence-electron chi connectivity index (χ4n) is 2.07. The topological polar surface area (TPSA) is 88.5 Å². The minimum atomic E-state index is -0.331. The van der Waals surface area contributed by atoms with Gasteiger partial charge in [0.05, 0.1) is 11.9 Å². The zero-order valence-electron chi connectivity index (χ0n) is 12.5. The van der Waals surface area contributed by atoms with E-state index in [1.54, 1.807) is 7.05 Å². The summed E-state index contributed by atoms with van der Waals surface area (Å²) in [6.45, 7) is 0.554. The van der Waals surface area contributed by atoms with Crippen LogP contribution in [-0.4, -0.2) is 31.5 Å². The minimum Gasteiger partial charge on any atom is -0.382 e. The van der Waals surface area contributed by atoms with E-state index >= 15 is 0 Å². The first kappa shape index (κ1) is 15.2. The van der Waals surface area contributed by atoms with Crippen molar-refractivity contribution in [2.75, 3.05) is 11.9 Å². The third-order valence-corrected chi connectivity index (χ3v) is 3.68. The number of hydrogen-bond acceptors (Lipinski definition) is 5. The van der Waals surface area contributed by atoms with Crippen LogP contribution < -0.4 is 10.9 Å². The second kappa shape index (κ2) is 6.62. The Morgan fingerprint density at radius 3 is 2.87 bits per heavy atom. The van der Waals surface area contributed by atoms with E-state index < -0.39 is 0 Å². The maximum absolute atomic E-state index is 11.7. The first-order valence-corrected chi connectivity index (χ1v) is 7.45. The maximum atomic E-state index is 11.7. The Morgan fingerprint density at radius 2 is 2.09 bits per heavy atom. The van der Waals surface area contributed by atoms with Crippen LogP contribution >= 0.6 is 11.6 Å². The highest BCUT2D eigenvalue weighted by Crippen LogP contribution is 2.15. The van der Waals surface area contributed by atoms with Gasteiger partial charge in [-0.15, -0.1) is 0 Å². The molecule has 0 spiro atoms. The van der Waals surface area contributed by atoms with Crippen molar-refractivity contribution in [2.24, 2.45) is 7.05 Å². The molecular weight excluding hydrogens is 316 g/mol. The fraction of sp³-hybridized carbons (Fsp3) is 0.200. The van der Waals surface area contributed by atoms with Crippen LogP contribution in [0.15, 0.2) is 41.3 Å². The van der Waals surface area contributed by atoms with Gasteiger partial charge in [0.1, 0.15) is 10.8 Å². The molecule has 3 aromatic rings. The standard InChI is InChI=1S/C15H15ClN6O/c1-22-15(23)13(16)11(9-18-22)17-8-7-12-19-14(21-20-12)10-5-3-2-4-6-10/h2-6,9,17H,7-8H2,1H3,(H,19,20,21). The zero-order valence-corrected chi connectivity index (χ0v) is 13.2. The first-order chi connectivity index (χ1) is 11.1. The lowest BCUT2D eigenvalue weighted by Gasteiger charge is -2.07. The second-order valence-electron chi connectivity index (χ2n) is 4.95. The van der Waals surface area contributed by atoms with E-state index in [1.165, 1.54) is 10.9 Å². The quantitative estimate of drug-likeness (QED) is 0.745. The molecule has 0 unspecified atom stereocenters. The molecule has 0 amide bonds. The molecule has 0 fully saturated rings. The molecule has 8 heteroatoms. The molecule has 3 rings (SSSR count). The van der Waals surface area contributed by atoms with Gasteiger partial charge in [-0.25, -0.2) is 9.67 Å². The SMILES string of the molecule is Cn1ncc(NCCc2nc(-c3ccccc3)n[nH]2)c(Cl)c1=O. The Morgan fingerprint density at radius 1 is 1.30 bits per heavy atom. The van der Waals surface area contributed by atoms with Gasteiger partial charge in [0.2, 0.25) is 0 Å². The van der Waals surface area contributed by atoms with Crippen molar-refractivity contribution in [3.63, 3.8) is 0 Å². The molecule has 0 aliphatic heterocycles. The highest BCUT2D eigenvalue weighted by molar-refractivity contribution is 6.32. The van der Waals surface area contributed by atoms with Crippen molar-refractivity contribution in [1.82, 2.24) is 25.0 Å². The summed E-state index contributed by atoms with van der Waals surface area (Å²) in [7, 11) is 1.55. The van der Waals surface area contributed by atoms with E-state index in [0.29, 0.717) is 24.5 Å². The van der Waals surface area contributed by atoms with Crippen LogP contribution in [-0.2, 0) is 13.5 Å². The fourth-order valence-corrected chi connectivity index (χ4v) is 2.31. The first-order valence-electron chi connectivity index (χ1n) is 7.07. The lowest BCUT2D eigenvalue weighted by atomic mass is 10.2. The molecule has 0 saturated carbocycles. The second-order valence-corrected chi connectivity index (χ2v) is 5.33. The number of halogens is 1. The van der Waals surface area contributed by atoms with Crippen molar-refractivity contribution < 1.29 is 0 Å². The molecule has 7 nitrogen and oxygen atoms in total. The van der Waals surface area contributed by atoms with Crippen LogP contribution in [0, 0.1) is 0 Å². The number of anilines is 1. The number of nitrogens with one attached hydrogen (secondary N) is 2. The largest absolute Gasteiger partial charge is 0.382 e. The average Bonchev–Trinajstić information content (AvgIpc) is 3.05. The van der Waals surface area contributed by atoms with Gasteiger partial charge in [-0.1, -0.05) is 41.9 Å². The van der Waals surface area contributed by atoms with Gasteiger partial charge in [-0.2, -0.15) is 10.2 Å². The van der Waals surface area contributed by atoms with Gasteiger partial charge < -0.3 is 5.32 Å². The molecule has 0 radical (unpaired) electrons. The summed E-state index contributed by atoms with van der Waals surface area (Å²) in [6.07, 6.45) is 2.14. The minimum absolute atomic E-state index is 0.130. The Balaban J connectivity index is 1.63. The summed E-state index contributed by atoms with van der Waals surface area (Å²) >= 11 is 5.99. The third-order valence-electron chi connectivity index (χ3n) is 3.32. The number of rotatable bonds is 5. The zero-order chi connectivity index (χ0) is 16.2. The van der Waals surface area contributed by atoms with Crippen LogP contribution in [0.2, 0.25) is 5.02 Å². The van der Waals surface area contributed by atoms with Crippen LogP contribution in [0.5, 0.6) is 0 Å². The summed E-state index contributed by atoms with van der Waals surface area (Å²) in [4.78, 5) is 16.1. The molecule has 0 bridgehead atoms. The van der Waals surface area contributed by atoms with E-state index in [4.69, 9.17) is 11.6 Å². The van der Waals surface area contributed by atoms with Gasteiger partial charge in [0.15, 0.2) is 5.82 Å². The third kappa shape index (κ3) is 3.40. The maximum Gasteiger partial charge on any atom is 0.287 e. The molecular formula is C15H15ClN6O. The number of aryl methyl sites for hydroxylation is 1. The number of H-pyrrole nitrogens is 1. The van der Waals surface area contributed by atoms with Crippen molar-refractivity contribution in [3.8, 4) is 11.4 Å². The predicted octanol–water partition coefficient (Wildman–Crippen LogP) is 1.87. The lowest BCUT2D eigenvalue weighted by molar-refractivity contribution is 0.708. The molecule has 2 aromatic heterocycles. The number of nitrogens with zero attached hydrogens (tertiary/aromatic N) is 4. The molecule has 0 aliphatic carbocycles. The summed E-state index contributed by atoms with van der Waals surface area (Å²) in [5.41, 5.74) is 1.14. The van der Waals surface area contributed by atoms with Gasteiger partial charge >= 0.3 is 0 Å². The number of aromatic amines is 1. The normalized spacial score (nSPS) is 10.7. The summed E-state index contributed by atoms with van der Waals surface area (Å²) in [5, 5.41) is 14.3. The molecule has 0 atom stereocenters. The average molecular weight is 331 g/mol. The monoisotopic (exact) mass is 330 g/mol. The Hall–Kier alpha value is -2.67. The molecule has 23 heavy (non-hydrogen) atoms. The molecule has 1 aromatic carbocycles. The van der Waals surface area contributed by atoms with Crippen molar-refractivity contribution in [3.05, 3.63) is 57.7 Å². The van der Waals surface area contributed by atoms with E-state index in [1.807, 2.05) is 30.3 Å². The summed E-state index contributed by atoms with van der Waals surface area (Å²) in [6, 6.07) is 9.74. The number of benzene rings is 1. The Bertz CT molecular complexity index is 858. The Kier molecular flexibility index (Phi) is 4.38. The van der Waals surface area contributed by atoms with Crippen LogP contribution in [0.4, 0.5) is 5.69 Å². The van der Waals surface area contributed by atoms with Crippen molar-refractivity contribution in [1.29, 1.82) is 0 Å². The van der Waals surface area contributed by atoms with Gasteiger partial charge in [0.25, 0.3) is 5.56 Å². The van der Waals surface area contributed by atoms with E-state index in [9.17, 15) is 4.79 Å². The smallest absolute Gasteiger partial charge is 0.287 e. The van der Waals surface area contributed by atoms with Crippen LogP contribution in [0.1, 0.15) is 5.82 Å². The van der Waals surface area contributed by atoms with Gasteiger partial charge in [-0.3, -0.25) is 9.89 Å². The van der Waals surface area contributed by atoms with Crippen molar-refractivity contribution in [2.45, 2.75) is 6.42 Å². The Labute approximate surface area is 137 Å². The molecule has 2 heterocycles. The van der Waals surface area contributed by atoms with Crippen LogP contribution in [0.3, 0.4) is 0 Å². The summed E-state index contributed by atoms with van der Waals surface area (Å²) in [5.74, 6) is 1.41. The molecule has 0 aliphatic rings. The summed E-state index contributed by atoms with van der Waals surface area (Å²) < 4.78 is 1.19. The number of hydrogen-bond donors (Lipinski definition) is 2. The molecule has 0 saturated heterocycles. The molecule has 118 valence electrons.